The second-order valence-corrected chi connectivity index (χ2v) is 4.14. The number of aromatic amines is 1. The fraction of sp³-hybridized carbons (Fsp3) is 0.417. The number of aryl methyl sites for hydroxylation is 1. The molecular formula is C12H18N4O4. The summed E-state index contributed by atoms with van der Waals surface area (Å²) >= 11 is 0. The van der Waals surface area contributed by atoms with Gasteiger partial charge in [-0.05, 0) is 20.8 Å². The van der Waals surface area contributed by atoms with Gasteiger partial charge in [0.25, 0.3) is 0 Å². The van der Waals surface area contributed by atoms with Crippen LogP contribution in [-0.2, 0) is 9.53 Å². The standard InChI is InChI=1S/C12H18N4O4/c1-4-20-11(18)9-6(2)14-5-8(9)16-10(17)7(3)15-12(13)19/h5,7,14H,4H2,1-3H3,(H,16,17)(H3,13,15,19). The number of urea groups is 1. The summed E-state index contributed by atoms with van der Waals surface area (Å²) in [5.41, 5.74) is 6.07. The number of rotatable bonds is 5. The predicted octanol–water partition coefficient (Wildman–Crippen LogP) is 0.495. The highest BCUT2D eigenvalue weighted by molar-refractivity contribution is 6.04. The van der Waals surface area contributed by atoms with Gasteiger partial charge in [-0.2, -0.15) is 0 Å². The van der Waals surface area contributed by atoms with Crippen molar-refractivity contribution in [2.75, 3.05) is 11.9 Å². The molecule has 1 heterocycles. The quantitative estimate of drug-likeness (QED) is 0.586. The van der Waals surface area contributed by atoms with Crippen LogP contribution in [0.25, 0.3) is 0 Å². The maximum Gasteiger partial charge on any atom is 0.342 e. The lowest BCUT2D eigenvalue weighted by molar-refractivity contribution is -0.117. The molecule has 8 nitrogen and oxygen atoms in total. The molecule has 0 fully saturated rings. The van der Waals surface area contributed by atoms with Gasteiger partial charge in [-0.15, -0.1) is 0 Å². The number of hydrogen-bond donors (Lipinski definition) is 4. The molecule has 0 aliphatic heterocycles. The van der Waals surface area contributed by atoms with E-state index in [0.29, 0.717) is 11.4 Å². The number of primary amides is 1. The van der Waals surface area contributed by atoms with Crippen LogP contribution in [-0.4, -0.2) is 35.5 Å². The van der Waals surface area contributed by atoms with E-state index < -0.39 is 23.9 Å². The molecule has 0 spiro atoms. The second kappa shape index (κ2) is 6.60. The Labute approximate surface area is 116 Å². The van der Waals surface area contributed by atoms with Gasteiger partial charge in [0.05, 0.1) is 12.3 Å². The fourth-order valence-electron chi connectivity index (χ4n) is 1.61. The van der Waals surface area contributed by atoms with E-state index >= 15 is 0 Å². The number of ether oxygens (including phenoxy) is 1. The topological polar surface area (TPSA) is 126 Å². The molecule has 0 saturated carbocycles. The van der Waals surface area contributed by atoms with E-state index in [0.717, 1.165) is 0 Å². The minimum absolute atomic E-state index is 0.233. The van der Waals surface area contributed by atoms with E-state index in [1.807, 2.05) is 0 Å². The van der Waals surface area contributed by atoms with Gasteiger partial charge in [0.2, 0.25) is 5.91 Å². The summed E-state index contributed by atoms with van der Waals surface area (Å²) in [6.45, 7) is 5.09. The van der Waals surface area contributed by atoms with E-state index in [2.05, 4.69) is 15.6 Å². The molecule has 3 amide bonds. The zero-order valence-corrected chi connectivity index (χ0v) is 11.6. The van der Waals surface area contributed by atoms with Crippen molar-refractivity contribution in [3.8, 4) is 0 Å². The summed E-state index contributed by atoms with van der Waals surface area (Å²) in [7, 11) is 0. The summed E-state index contributed by atoms with van der Waals surface area (Å²) in [6, 6.07) is -1.62. The highest BCUT2D eigenvalue weighted by Gasteiger charge is 2.21. The molecule has 0 radical (unpaired) electrons. The first-order valence-electron chi connectivity index (χ1n) is 6.08. The van der Waals surface area contributed by atoms with Crippen LogP contribution in [0.5, 0.6) is 0 Å². The van der Waals surface area contributed by atoms with Crippen molar-refractivity contribution >= 4 is 23.6 Å². The molecule has 0 saturated heterocycles. The Kier molecular flexibility index (Phi) is 5.13. The molecule has 0 aromatic carbocycles. The lowest BCUT2D eigenvalue weighted by Crippen LogP contribution is -2.44. The lowest BCUT2D eigenvalue weighted by atomic mass is 10.2. The molecular weight excluding hydrogens is 264 g/mol. The summed E-state index contributed by atoms with van der Waals surface area (Å²) < 4.78 is 4.91. The molecule has 1 atom stereocenters. The van der Waals surface area contributed by atoms with Crippen LogP contribution in [0.1, 0.15) is 29.9 Å². The maximum atomic E-state index is 11.8. The van der Waals surface area contributed by atoms with Crippen molar-refractivity contribution in [1.82, 2.24) is 10.3 Å². The maximum absolute atomic E-state index is 11.8. The molecule has 110 valence electrons. The number of carbonyl (C=O) groups excluding carboxylic acids is 3. The Morgan fingerprint density at radius 3 is 2.65 bits per heavy atom. The number of nitrogens with one attached hydrogen (secondary N) is 3. The highest BCUT2D eigenvalue weighted by Crippen LogP contribution is 2.20. The molecule has 0 bridgehead atoms. The molecule has 1 aromatic heterocycles. The van der Waals surface area contributed by atoms with E-state index in [-0.39, 0.29) is 12.2 Å². The Morgan fingerprint density at radius 2 is 2.10 bits per heavy atom. The molecule has 1 unspecified atom stereocenters. The van der Waals surface area contributed by atoms with Gasteiger partial charge in [0.15, 0.2) is 0 Å². The summed E-state index contributed by atoms with van der Waals surface area (Å²) in [6.07, 6.45) is 1.48. The van der Waals surface area contributed by atoms with Gasteiger partial charge in [-0.25, -0.2) is 9.59 Å². The minimum atomic E-state index is -0.822. The fourth-order valence-corrected chi connectivity index (χ4v) is 1.61. The number of aromatic nitrogens is 1. The third kappa shape index (κ3) is 3.74. The molecule has 1 aromatic rings. The predicted molar refractivity (Wildman–Crippen MR) is 72.3 cm³/mol. The van der Waals surface area contributed by atoms with E-state index in [1.165, 1.54) is 13.1 Å². The van der Waals surface area contributed by atoms with Gasteiger partial charge in [0, 0.05) is 11.9 Å². The SMILES string of the molecule is CCOC(=O)c1c(NC(=O)C(C)NC(N)=O)c[nH]c1C. The molecule has 5 N–H and O–H groups in total. The Morgan fingerprint density at radius 1 is 1.45 bits per heavy atom. The van der Waals surface area contributed by atoms with E-state index in [1.54, 1.807) is 13.8 Å². The molecule has 1 rings (SSSR count). The molecule has 8 heteroatoms. The molecule has 0 aliphatic rings. The van der Waals surface area contributed by atoms with Gasteiger partial charge in [0.1, 0.15) is 11.6 Å². The van der Waals surface area contributed by atoms with Crippen LogP contribution >= 0.6 is 0 Å². The van der Waals surface area contributed by atoms with Crippen LogP contribution in [0.15, 0.2) is 6.20 Å². The number of H-pyrrole nitrogens is 1. The Bertz CT molecular complexity index is 524. The van der Waals surface area contributed by atoms with Crippen molar-refractivity contribution in [2.45, 2.75) is 26.8 Å². The second-order valence-electron chi connectivity index (χ2n) is 4.14. The molecule has 20 heavy (non-hydrogen) atoms. The number of nitrogens with two attached hydrogens (primary N) is 1. The van der Waals surface area contributed by atoms with Gasteiger partial charge in [-0.3, -0.25) is 4.79 Å². The average Bonchev–Trinajstić information content (AvgIpc) is 2.69. The summed E-state index contributed by atoms with van der Waals surface area (Å²) in [4.78, 5) is 37.2. The zero-order valence-electron chi connectivity index (χ0n) is 11.6. The normalized spacial score (nSPS) is 11.6. The lowest BCUT2D eigenvalue weighted by Gasteiger charge is -2.12. The minimum Gasteiger partial charge on any atom is -0.462 e. The van der Waals surface area contributed by atoms with Crippen molar-refractivity contribution in [3.05, 3.63) is 17.5 Å². The van der Waals surface area contributed by atoms with Crippen LogP contribution in [0.3, 0.4) is 0 Å². The first-order valence-corrected chi connectivity index (χ1v) is 6.08. The average molecular weight is 282 g/mol. The molecule has 0 aliphatic carbocycles. The Balaban J connectivity index is 2.85. The van der Waals surface area contributed by atoms with Crippen molar-refractivity contribution in [2.24, 2.45) is 5.73 Å². The largest absolute Gasteiger partial charge is 0.462 e. The monoisotopic (exact) mass is 282 g/mol. The zero-order chi connectivity index (χ0) is 15.3. The van der Waals surface area contributed by atoms with Crippen LogP contribution < -0.4 is 16.4 Å². The highest BCUT2D eigenvalue weighted by atomic mass is 16.5. The Hall–Kier alpha value is -2.51. The van der Waals surface area contributed by atoms with Crippen LogP contribution in [0.2, 0.25) is 0 Å². The van der Waals surface area contributed by atoms with E-state index in [9.17, 15) is 14.4 Å². The van der Waals surface area contributed by atoms with Crippen LogP contribution in [0, 0.1) is 6.92 Å². The van der Waals surface area contributed by atoms with Gasteiger partial charge < -0.3 is 26.1 Å². The number of carbonyl (C=O) groups is 3. The van der Waals surface area contributed by atoms with E-state index in [4.69, 9.17) is 10.5 Å². The number of esters is 1. The third-order valence-electron chi connectivity index (χ3n) is 2.57. The van der Waals surface area contributed by atoms with Gasteiger partial charge >= 0.3 is 12.0 Å². The first-order chi connectivity index (χ1) is 9.36. The van der Waals surface area contributed by atoms with Crippen LogP contribution in [0.4, 0.5) is 10.5 Å². The summed E-state index contributed by atoms with van der Waals surface area (Å²) in [5, 5.41) is 4.78. The third-order valence-corrected chi connectivity index (χ3v) is 2.57. The first kappa shape index (κ1) is 15.5. The van der Waals surface area contributed by atoms with Crippen molar-refractivity contribution in [1.29, 1.82) is 0 Å². The van der Waals surface area contributed by atoms with Crippen molar-refractivity contribution < 1.29 is 19.1 Å². The number of anilines is 1. The number of hydrogen-bond acceptors (Lipinski definition) is 4. The summed E-state index contributed by atoms with van der Waals surface area (Å²) in [5.74, 6) is -1.02. The van der Waals surface area contributed by atoms with Gasteiger partial charge in [-0.1, -0.05) is 0 Å². The smallest absolute Gasteiger partial charge is 0.342 e. The van der Waals surface area contributed by atoms with Crippen molar-refractivity contribution in [3.63, 3.8) is 0 Å². The number of amides is 3.